The summed E-state index contributed by atoms with van der Waals surface area (Å²) in [7, 11) is 0. The molecule has 0 heterocycles. The largest absolute Gasteiger partial charge is 0.330 e. The fraction of sp³-hybridized carbons (Fsp3) is 0.647. The Morgan fingerprint density at radius 2 is 1.79 bits per heavy atom. The van der Waals surface area contributed by atoms with Gasteiger partial charge in [-0.3, -0.25) is 4.90 Å². The van der Waals surface area contributed by atoms with Gasteiger partial charge in [0, 0.05) is 6.54 Å². The number of rotatable bonds is 8. The van der Waals surface area contributed by atoms with E-state index in [1.165, 1.54) is 44.2 Å². The molecular formula is C17H28N2. The maximum absolute atomic E-state index is 5.66. The van der Waals surface area contributed by atoms with Crippen molar-refractivity contribution in [2.75, 3.05) is 19.6 Å². The van der Waals surface area contributed by atoms with Crippen LogP contribution in [0, 0.1) is 5.92 Å². The number of nitrogens with zero attached hydrogens (tertiary/aromatic N) is 1. The van der Waals surface area contributed by atoms with Crippen LogP contribution in [0.2, 0.25) is 0 Å². The molecule has 2 heteroatoms. The summed E-state index contributed by atoms with van der Waals surface area (Å²) in [6.45, 7) is 4.25. The number of hydrogen-bond donors (Lipinski definition) is 1. The Morgan fingerprint density at radius 1 is 1.05 bits per heavy atom. The topological polar surface area (TPSA) is 29.3 Å². The summed E-state index contributed by atoms with van der Waals surface area (Å²) in [5.74, 6) is 0.983. The van der Waals surface area contributed by atoms with Crippen LogP contribution in [0.3, 0.4) is 0 Å². The van der Waals surface area contributed by atoms with Crippen LogP contribution in [0.25, 0.3) is 0 Å². The standard InChI is InChI=1S/C17H28N2/c18-12-6-13-19(14-11-16-7-4-5-8-16)15-17-9-2-1-3-10-17/h1-3,9-10,16H,4-8,11-15,18H2. The van der Waals surface area contributed by atoms with E-state index in [-0.39, 0.29) is 0 Å². The van der Waals surface area contributed by atoms with Crippen LogP contribution in [0.15, 0.2) is 30.3 Å². The lowest BCUT2D eigenvalue weighted by Crippen LogP contribution is -2.28. The molecule has 2 N–H and O–H groups in total. The Bertz CT molecular complexity index is 330. The van der Waals surface area contributed by atoms with Crippen LogP contribution in [0.4, 0.5) is 0 Å². The van der Waals surface area contributed by atoms with Crippen LogP contribution >= 0.6 is 0 Å². The molecule has 0 saturated heterocycles. The third kappa shape index (κ3) is 5.33. The lowest BCUT2D eigenvalue weighted by Gasteiger charge is -2.23. The first-order valence-electron chi connectivity index (χ1n) is 7.85. The molecule has 0 aromatic heterocycles. The fourth-order valence-electron chi connectivity index (χ4n) is 3.09. The molecule has 2 rings (SSSR count). The highest BCUT2D eigenvalue weighted by atomic mass is 15.1. The predicted molar refractivity (Wildman–Crippen MR) is 82.0 cm³/mol. The molecule has 19 heavy (non-hydrogen) atoms. The average molecular weight is 260 g/mol. The molecule has 0 radical (unpaired) electrons. The van der Waals surface area contributed by atoms with Crippen molar-refractivity contribution < 1.29 is 0 Å². The van der Waals surface area contributed by atoms with Gasteiger partial charge in [-0.25, -0.2) is 0 Å². The number of hydrogen-bond acceptors (Lipinski definition) is 2. The summed E-state index contributed by atoms with van der Waals surface area (Å²) < 4.78 is 0. The van der Waals surface area contributed by atoms with E-state index in [9.17, 15) is 0 Å². The van der Waals surface area contributed by atoms with Crippen molar-refractivity contribution >= 4 is 0 Å². The molecule has 0 spiro atoms. The molecule has 1 aliphatic carbocycles. The second-order valence-electron chi connectivity index (χ2n) is 5.84. The second-order valence-corrected chi connectivity index (χ2v) is 5.84. The average Bonchev–Trinajstić information content (AvgIpc) is 2.96. The maximum atomic E-state index is 5.66. The van der Waals surface area contributed by atoms with E-state index in [4.69, 9.17) is 5.73 Å². The summed E-state index contributed by atoms with van der Waals surface area (Å²) in [5, 5.41) is 0. The zero-order chi connectivity index (χ0) is 13.3. The Labute approximate surface area is 118 Å². The Hall–Kier alpha value is -0.860. The molecule has 1 aromatic carbocycles. The third-order valence-electron chi connectivity index (χ3n) is 4.26. The molecule has 106 valence electrons. The highest BCUT2D eigenvalue weighted by molar-refractivity contribution is 5.14. The normalized spacial score (nSPS) is 16.3. The first-order valence-corrected chi connectivity index (χ1v) is 7.85. The van der Waals surface area contributed by atoms with Gasteiger partial charge in [0.25, 0.3) is 0 Å². The van der Waals surface area contributed by atoms with Gasteiger partial charge in [0.1, 0.15) is 0 Å². The van der Waals surface area contributed by atoms with Gasteiger partial charge in [0.2, 0.25) is 0 Å². The summed E-state index contributed by atoms with van der Waals surface area (Å²) in [6.07, 6.45) is 8.29. The van der Waals surface area contributed by atoms with E-state index < -0.39 is 0 Å². The minimum absolute atomic E-state index is 0.800. The van der Waals surface area contributed by atoms with Gasteiger partial charge in [0.05, 0.1) is 0 Å². The molecule has 0 amide bonds. The van der Waals surface area contributed by atoms with Crippen LogP contribution in [0.5, 0.6) is 0 Å². The van der Waals surface area contributed by atoms with E-state index in [1.54, 1.807) is 0 Å². The lowest BCUT2D eigenvalue weighted by atomic mass is 10.0. The zero-order valence-corrected chi connectivity index (χ0v) is 12.1. The monoisotopic (exact) mass is 260 g/mol. The van der Waals surface area contributed by atoms with E-state index in [0.29, 0.717) is 0 Å². The van der Waals surface area contributed by atoms with Gasteiger partial charge in [-0.1, -0.05) is 56.0 Å². The van der Waals surface area contributed by atoms with Gasteiger partial charge in [0.15, 0.2) is 0 Å². The van der Waals surface area contributed by atoms with Gasteiger partial charge < -0.3 is 5.73 Å². The van der Waals surface area contributed by atoms with Crippen molar-refractivity contribution in [1.29, 1.82) is 0 Å². The summed E-state index contributed by atoms with van der Waals surface area (Å²) in [4.78, 5) is 2.58. The van der Waals surface area contributed by atoms with Gasteiger partial charge in [-0.15, -0.1) is 0 Å². The van der Waals surface area contributed by atoms with Crippen LogP contribution < -0.4 is 5.73 Å². The van der Waals surface area contributed by atoms with E-state index in [0.717, 1.165) is 32.0 Å². The predicted octanol–water partition coefficient (Wildman–Crippen LogP) is 3.42. The van der Waals surface area contributed by atoms with Crippen molar-refractivity contribution in [1.82, 2.24) is 4.90 Å². The quantitative estimate of drug-likeness (QED) is 0.776. The van der Waals surface area contributed by atoms with Gasteiger partial charge >= 0.3 is 0 Å². The highest BCUT2D eigenvalue weighted by Crippen LogP contribution is 2.27. The molecule has 1 aliphatic rings. The molecule has 1 saturated carbocycles. The molecule has 1 fully saturated rings. The molecule has 0 atom stereocenters. The van der Waals surface area contributed by atoms with E-state index >= 15 is 0 Å². The van der Waals surface area contributed by atoms with Crippen LogP contribution in [0.1, 0.15) is 44.1 Å². The Kier molecular flexibility index (Phi) is 6.38. The summed E-state index contributed by atoms with van der Waals surface area (Å²) in [6, 6.07) is 10.8. The summed E-state index contributed by atoms with van der Waals surface area (Å²) >= 11 is 0. The third-order valence-corrected chi connectivity index (χ3v) is 4.26. The molecule has 0 unspecified atom stereocenters. The SMILES string of the molecule is NCCCN(CCC1CCCC1)Cc1ccccc1. The first kappa shape index (κ1) is 14.5. The second kappa shape index (κ2) is 8.34. The minimum atomic E-state index is 0.800. The summed E-state index contributed by atoms with van der Waals surface area (Å²) in [5.41, 5.74) is 7.08. The smallest absolute Gasteiger partial charge is 0.0233 e. The zero-order valence-electron chi connectivity index (χ0n) is 12.1. The molecule has 2 nitrogen and oxygen atoms in total. The van der Waals surface area contributed by atoms with Gasteiger partial charge in [-0.2, -0.15) is 0 Å². The van der Waals surface area contributed by atoms with Crippen molar-refractivity contribution in [3.8, 4) is 0 Å². The van der Waals surface area contributed by atoms with Crippen LogP contribution in [-0.4, -0.2) is 24.5 Å². The number of nitrogens with two attached hydrogens (primary N) is 1. The van der Waals surface area contributed by atoms with Gasteiger partial charge in [-0.05, 0) is 44.0 Å². The lowest BCUT2D eigenvalue weighted by molar-refractivity contribution is 0.242. The van der Waals surface area contributed by atoms with Crippen molar-refractivity contribution in [2.45, 2.75) is 45.1 Å². The molecule has 0 bridgehead atoms. The van der Waals surface area contributed by atoms with E-state index in [1.807, 2.05) is 0 Å². The Balaban J connectivity index is 1.80. The Morgan fingerprint density at radius 3 is 2.47 bits per heavy atom. The molecular weight excluding hydrogens is 232 g/mol. The minimum Gasteiger partial charge on any atom is -0.330 e. The van der Waals surface area contributed by atoms with Crippen molar-refractivity contribution in [3.63, 3.8) is 0 Å². The molecule has 0 aliphatic heterocycles. The first-order chi connectivity index (χ1) is 9.38. The molecule has 1 aromatic rings. The fourth-order valence-corrected chi connectivity index (χ4v) is 3.09. The van der Waals surface area contributed by atoms with Crippen molar-refractivity contribution in [3.05, 3.63) is 35.9 Å². The highest BCUT2D eigenvalue weighted by Gasteiger charge is 2.16. The van der Waals surface area contributed by atoms with E-state index in [2.05, 4.69) is 35.2 Å². The maximum Gasteiger partial charge on any atom is 0.0233 e. The van der Waals surface area contributed by atoms with Crippen LogP contribution in [-0.2, 0) is 6.54 Å². The number of benzene rings is 1. The van der Waals surface area contributed by atoms with Crippen molar-refractivity contribution in [2.24, 2.45) is 11.7 Å².